The fourth-order valence-electron chi connectivity index (χ4n) is 3.54. The lowest BCUT2D eigenvalue weighted by Gasteiger charge is -2.30. The first kappa shape index (κ1) is 19.0. The molecule has 28 heavy (non-hydrogen) atoms. The van der Waals surface area contributed by atoms with Crippen molar-refractivity contribution in [3.8, 4) is 0 Å². The molecule has 0 spiro atoms. The van der Waals surface area contributed by atoms with Crippen LogP contribution in [-0.2, 0) is 26.9 Å². The predicted octanol–water partition coefficient (Wildman–Crippen LogP) is 1.60. The minimum absolute atomic E-state index is 0.0802. The van der Waals surface area contributed by atoms with Crippen LogP contribution < -0.4 is 0 Å². The van der Waals surface area contributed by atoms with Crippen LogP contribution >= 0.6 is 0 Å². The van der Waals surface area contributed by atoms with Crippen molar-refractivity contribution >= 4 is 30.6 Å². The maximum atomic E-state index is 13.0. The van der Waals surface area contributed by atoms with Crippen LogP contribution in [0.1, 0.15) is 12.8 Å². The molecule has 0 unspecified atom stereocenters. The Labute approximate surface area is 163 Å². The lowest BCUT2D eigenvalue weighted by atomic mass is 10.1. The molecule has 3 aromatic rings. The highest BCUT2D eigenvalue weighted by atomic mass is 32.2. The van der Waals surface area contributed by atoms with Crippen LogP contribution in [0.25, 0.3) is 10.8 Å². The molecule has 4 rings (SSSR count). The van der Waals surface area contributed by atoms with Crippen molar-refractivity contribution in [2.24, 2.45) is 7.05 Å². The van der Waals surface area contributed by atoms with Gasteiger partial charge in [0, 0.05) is 20.1 Å². The largest absolute Gasteiger partial charge is 0.308 e. The van der Waals surface area contributed by atoms with Gasteiger partial charge in [0.15, 0.2) is 0 Å². The number of sulfonamides is 1. The second-order valence-corrected chi connectivity index (χ2v) is 10.9. The Kier molecular flexibility index (Phi) is 4.72. The van der Waals surface area contributed by atoms with E-state index in [0.29, 0.717) is 0 Å². The summed E-state index contributed by atoms with van der Waals surface area (Å²) in [4.78, 5) is 0.223. The molecular weight excluding hydrogens is 400 g/mol. The van der Waals surface area contributed by atoms with E-state index >= 15 is 0 Å². The van der Waals surface area contributed by atoms with Crippen molar-refractivity contribution in [2.75, 3.05) is 13.1 Å². The number of sulfone groups is 1. The van der Waals surface area contributed by atoms with Crippen LogP contribution in [0.4, 0.5) is 0 Å². The third kappa shape index (κ3) is 3.21. The van der Waals surface area contributed by atoms with Gasteiger partial charge in [-0.15, -0.1) is 10.2 Å². The molecule has 8 nitrogen and oxygen atoms in total. The highest BCUT2D eigenvalue weighted by molar-refractivity contribution is 7.92. The summed E-state index contributed by atoms with van der Waals surface area (Å²) < 4.78 is 54.3. The summed E-state index contributed by atoms with van der Waals surface area (Å²) in [7, 11) is -5.75. The van der Waals surface area contributed by atoms with Gasteiger partial charge in [-0.2, -0.15) is 4.31 Å². The first-order chi connectivity index (χ1) is 13.3. The molecule has 1 fully saturated rings. The van der Waals surface area contributed by atoms with Gasteiger partial charge in [0.05, 0.1) is 10.1 Å². The molecule has 0 atom stereocenters. The number of nitrogens with zero attached hydrogens (tertiary/aromatic N) is 4. The van der Waals surface area contributed by atoms with Crippen molar-refractivity contribution in [2.45, 2.75) is 28.1 Å². The Morgan fingerprint density at radius 1 is 0.964 bits per heavy atom. The number of benzene rings is 2. The molecule has 10 heteroatoms. The zero-order chi connectivity index (χ0) is 19.9. The van der Waals surface area contributed by atoms with Gasteiger partial charge in [-0.1, -0.05) is 30.3 Å². The fourth-order valence-corrected chi connectivity index (χ4v) is 6.78. The Balaban J connectivity index is 1.54. The number of hydrogen-bond acceptors (Lipinski definition) is 6. The van der Waals surface area contributed by atoms with Crippen LogP contribution in [0.2, 0.25) is 0 Å². The molecule has 1 aromatic heterocycles. The van der Waals surface area contributed by atoms with Gasteiger partial charge in [0.25, 0.3) is 0 Å². The average Bonchev–Trinajstić information content (AvgIpc) is 3.14. The quantitative estimate of drug-likeness (QED) is 0.635. The summed E-state index contributed by atoms with van der Waals surface area (Å²) in [6.07, 6.45) is 1.79. The minimum atomic E-state index is -3.68. The van der Waals surface area contributed by atoms with Crippen LogP contribution in [0.3, 0.4) is 0 Å². The molecule has 2 heterocycles. The van der Waals surface area contributed by atoms with Crippen LogP contribution in [0.15, 0.2) is 58.8 Å². The number of hydrogen-bond donors (Lipinski definition) is 0. The molecule has 0 bridgehead atoms. The molecular formula is C18H20N4O4S2. The third-order valence-corrected chi connectivity index (χ3v) is 9.25. The SMILES string of the molecule is Cn1cnnc1S(=O)(=O)C1CCN(S(=O)(=O)c2ccc3ccccc3c2)CC1. The summed E-state index contributed by atoms with van der Waals surface area (Å²) in [5, 5.41) is 8.40. The summed E-state index contributed by atoms with van der Waals surface area (Å²) in [5.74, 6) is 0. The van der Waals surface area contributed by atoms with E-state index in [1.54, 1.807) is 25.2 Å². The monoisotopic (exact) mass is 420 g/mol. The Bertz CT molecular complexity index is 1230. The van der Waals surface area contributed by atoms with E-state index in [4.69, 9.17) is 0 Å². The van der Waals surface area contributed by atoms with Gasteiger partial charge in [-0.05, 0) is 35.7 Å². The normalized spacial score (nSPS) is 17.2. The maximum absolute atomic E-state index is 13.0. The lowest BCUT2D eigenvalue weighted by molar-refractivity contribution is 0.345. The molecule has 148 valence electrons. The Morgan fingerprint density at radius 3 is 2.29 bits per heavy atom. The molecule has 0 amide bonds. The van der Waals surface area contributed by atoms with Crippen molar-refractivity contribution in [1.82, 2.24) is 19.1 Å². The molecule has 1 aliphatic rings. The standard InChI is InChI=1S/C18H20N4O4S2/c1-21-13-19-20-18(21)27(23,24)16-8-10-22(11-9-16)28(25,26)17-7-6-14-4-2-3-5-15(14)12-17/h2-7,12-13,16H,8-11H2,1H3. The van der Waals surface area contributed by atoms with Crippen LogP contribution in [0.5, 0.6) is 0 Å². The van der Waals surface area contributed by atoms with Crippen molar-refractivity contribution in [3.05, 3.63) is 48.8 Å². The van der Waals surface area contributed by atoms with Gasteiger partial charge in [0.1, 0.15) is 6.33 Å². The lowest BCUT2D eigenvalue weighted by Crippen LogP contribution is -2.42. The van der Waals surface area contributed by atoms with Crippen LogP contribution in [0, 0.1) is 0 Å². The van der Waals surface area contributed by atoms with Crippen molar-refractivity contribution in [3.63, 3.8) is 0 Å². The average molecular weight is 421 g/mol. The van der Waals surface area contributed by atoms with Gasteiger partial charge >= 0.3 is 0 Å². The van der Waals surface area contributed by atoms with Crippen LogP contribution in [-0.4, -0.2) is 54.2 Å². The summed E-state index contributed by atoms with van der Waals surface area (Å²) in [6, 6.07) is 12.6. The highest BCUT2D eigenvalue weighted by Gasteiger charge is 2.37. The Morgan fingerprint density at radius 2 is 1.64 bits per heavy atom. The van der Waals surface area contributed by atoms with E-state index in [1.165, 1.54) is 15.2 Å². The summed E-state index contributed by atoms with van der Waals surface area (Å²) in [5.41, 5.74) is 0. The van der Waals surface area contributed by atoms with Crippen molar-refractivity contribution in [1.29, 1.82) is 0 Å². The number of fused-ring (bicyclic) bond motifs is 1. The second-order valence-electron chi connectivity index (χ2n) is 6.88. The Hall–Kier alpha value is -2.30. The zero-order valence-electron chi connectivity index (χ0n) is 15.3. The fraction of sp³-hybridized carbons (Fsp3) is 0.333. The molecule has 1 aliphatic heterocycles. The predicted molar refractivity (Wildman–Crippen MR) is 104 cm³/mol. The van der Waals surface area contributed by atoms with E-state index in [-0.39, 0.29) is 36.0 Å². The summed E-state index contributed by atoms with van der Waals surface area (Å²) >= 11 is 0. The second kappa shape index (κ2) is 6.94. The van der Waals surface area contributed by atoms with E-state index < -0.39 is 25.1 Å². The number of rotatable bonds is 4. The van der Waals surface area contributed by atoms with Gasteiger partial charge in [-0.25, -0.2) is 16.8 Å². The molecule has 0 N–H and O–H groups in total. The topological polar surface area (TPSA) is 102 Å². The van der Waals surface area contributed by atoms with Gasteiger partial charge in [-0.3, -0.25) is 0 Å². The van der Waals surface area contributed by atoms with E-state index in [2.05, 4.69) is 10.2 Å². The first-order valence-corrected chi connectivity index (χ1v) is 11.9. The van der Waals surface area contributed by atoms with Gasteiger partial charge < -0.3 is 4.57 Å². The first-order valence-electron chi connectivity index (χ1n) is 8.87. The smallest absolute Gasteiger partial charge is 0.249 e. The molecule has 2 aromatic carbocycles. The zero-order valence-corrected chi connectivity index (χ0v) is 16.9. The third-order valence-electron chi connectivity index (χ3n) is 5.12. The summed E-state index contributed by atoms with van der Waals surface area (Å²) in [6.45, 7) is 0.299. The maximum Gasteiger partial charge on any atom is 0.249 e. The molecule has 1 saturated heterocycles. The number of aromatic nitrogens is 3. The van der Waals surface area contributed by atoms with Gasteiger partial charge in [0.2, 0.25) is 25.0 Å². The highest BCUT2D eigenvalue weighted by Crippen LogP contribution is 2.28. The molecule has 0 saturated carbocycles. The van der Waals surface area contributed by atoms with E-state index in [0.717, 1.165) is 10.8 Å². The van der Waals surface area contributed by atoms with Crippen molar-refractivity contribution < 1.29 is 16.8 Å². The number of aryl methyl sites for hydroxylation is 1. The van der Waals surface area contributed by atoms with E-state index in [9.17, 15) is 16.8 Å². The molecule has 0 aliphatic carbocycles. The molecule has 0 radical (unpaired) electrons. The van der Waals surface area contributed by atoms with E-state index in [1.807, 2.05) is 24.3 Å². The minimum Gasteiger partial charge on any atom is -0.308 e. The number of piperidine rings is 1.